The van der Waals surface area contributed by atoms with Crippen molar-refractivity contribution < 1.29 is 22.6 Å². The van der Waals surface area contributed by atoms with Crippen molar-refractivity contribution in [2.75, 3.05) is 25.1 Å². The zero-order chi connectivity index (χ0) is 30.0. The van der Waals surface area contributed by atoms with Crippen LogP contribution in [-0.4, -0.2) is 29.3 Å². The summed E-state index contributed by atoms with van der Waals surface area (Å²) in [6.07, 6.45) is -3.17. The van der Waals surface area contributed by atoms with Crippen LogP contribution in [0.5, 0.6) is 11.5 Å². The van der Waals surface area contributed by atoms with Crippen molar-refractivity contribution in [3.05, 3.63) is 124 Å². The summed E-state index contributed by atoms with van der Waals surface area (Å²) in [5.74, 6) is 1.24. The van der Waals surface area contributed by atoms with E-state index in [9.17, 15) is 18.0 Å². The van der Waals surface area contributed by atoms with E-state index < -0.39 is 11.7 Å². The average molecular weight is 588 g/mol. The molecule has 0 radical (unpaired) electrons. The number of imidazole rings is 1. The van der Waals surface area contributed by atoms with Gasteiger partial charge in [0.05, 0.1) is 30.4 Å². The second kappa shape index (κ2) is 11.9. The van der Waals surface area contributed by atoms with Gasteiger partial charge in [-0.25, -0.2) is 4.79 Å². The molecule has 0 unspecified atom stereocenters. The first-order valence-electron chi connectivity index (χ1n) is 14.3. The fourth-order valence-corrected chi connectivity index (χ4v) is 6.02. The van der Waals surface area contributed by atoms with Crippen LogP contribution in [0.1, 0.15) is 35.6 Å². The molecule has 4 aromatic carbocycles. The molecule has 1 fully saturated rings. The van der Waals surface area contributed by atoms with E-state index >= 15 is 0 Å². The number of rotatable bonds is 8. The second-order valence-corrected chi connectivity index (χ2v) is 10.7. The van der Waals surface area contributed by atoms with Crippen LogP contribution in [0.3, 0.4) is 0 Å². The highest BCUT2D eigenvalue weighted by molar-refractivity contribution is 5.83. The zero-order valence-electron chi connectivity index (χ0n) is 23.8. The Labute approximate surface area is 247 Å². The number of benzene rings is 4. The van der Waals surface area contributed by atoms with E-state index in [1.54, 1.807) is 22.8 Å². The molecule has 0 spiro atoms. The topological polar surface area (TPSA) is 48.6 Å². The molecular formula is C34H32F3N3O3. The highest BCUT2D eigenvalue weighted by atomic mass is 19.4. The molecule has 6 rings (SSSR count). The number of piperidine rings is 1. The predicted octanol–water partition coefficient (Wildman–Crippen LogP) is 7.30. The Morgan fingerprint density at radius 3 is 2.23 bits per heavy atom. The van der Waals surface area contributed by atoms with Crippen molar-refractivity contribution in [3.63, 3.8) is 0 Å². The van der Waals surface area contributed by atoms with E-state index in [2.05, 4.69) is 4.90 Å². The highest BCUT2D eigenvalue weighted by Gasteiger charge is 2.34. The molecule has 1 aliphatic heterocycles. The number of anilines is 1. The molecule has 222 valence electrons. The second-order valence-electron chi connectivity index (χ2n) is 10.7. The van der Waals surface area contributed by atoms with E-state index in [-0.39, 0.29) is 23.8 Å². The number of alkyl halides is 3. The molecule has 2 heterocycles. The van der Waals surface area contributed by atoms with Crippen LogP contribution in [0.2, 0.25) is 0 Å². The number of halogens is 3. The lowest BCUT2D eigenvalue weighted by atomic mass is 10.0. The van der Waals surface area contributed by atoms with Gasteiger partial charge in [-0.05, 0) is 54.3 Å². The van der Waals surface area contributed by atoms with Crippen LogP contribution < -0.4 is 20.1 Å². The van der Waals surface area contributed by atoms with Crippen LogP contribution in [0.4, 0.5) is 18.9 Å². The van der Waals surface area contributed by atoms with Gasteiger partial charge in [0.1, 0.15) is 23.6 Å². The Hall–Kier alpha value is -4.66. The summed E-state index contributed by atoms with van der Waals surface area (Å²) >= 11 is 0. The molecule has 0 bridgehead atoms. The van der Waals surface area contributed by atoms with Crippen molar-refractivity contribution in [1.29, 1.82) is 0 Å². The summed E-state index contributed by atoms with van der Waals surface area (Å²) in [5, 5.41) is 0. The van der Waals surface area contributed by atoms with E-state index in [4.69, 9.17) is 9.47 Å². The van der Waals surface area contributed by atoms with Gasteiger partial charge in [0.25, 0.3) is 0 Å². The molecule has 43 heavy (non-hydrogen) atoms. The first kappa shape index (κ1) is 28.5. The van der Waals surface area contributed by atoms with Gasteiger partial charge in [0.15, 0.2) is 0 Å². The van der Waals surface area contributed by atoms with Gasteiger partial charge in [-0.1, -0.05) is 66.7 Å². The fourth-order valence-electron chi connectivity index (χ4n) is 6.02. The first-order valence-corrected chi connectivity index (χ1v) is 14.3. The molecule has 1 saturated heterocycles. The largest absolute Gasteiger partial charge is 0.494 e. The number of nitrogens with zero attached hydrogens (tertiary/aromatic N) is 3. The molecule has 0 aliphatic carbocycles. The maximum atomic E-state index is 14.0. The Balaban J connectivity index is 1.28. The Morgan fingerprint density at radius 1 is 0.814 bits per heavy atom. The minimum atomic E-state index is -4.53. The third kappa shape index (κ3) is 5.71. The molecule has 0 saturated carbocycles. The Kier molecular flexibility index (Phi) is 7.88. The van der Waals surface area contributed by atoms with Gasteiger partial charge in [-0.15, -0.1) is 0 Å². The fraction of sp³-hybridized carbons (Fsp3) is 0.265. The standard InChI is InChI=1S/C34H32F3N3O3/c1-42-31-17-9-15-29-32(31)39(22-25-12-5-6-13-27(25)34(35,36)37)33(41)40(29)26-18-20-38(21-19-26)28-14-7-8-16-30(28)43-23-24-10-3-2-4-11-24/h2-17,26H,18-23H2,1H3. The monoisotopic (exact) mass is 587 g/mol. The normalized spacial score (nSPS) is 14.3. The Morgan fingerprint density at radius 2 is 1.49 bits per heavy atom. The van der Waals surface area contributed by atoms with Crippen LogP contribution in [0, 0.1) is 0 Å². The molecule has 1 aromatic heterocycles. The summed E-state index contributed by atoms with van der Waals surface area (Å²) in [6.45, 7) is 1.62. The summed E-state index contributed by atoms with van der Waals surface area (Å²) in [6, 6.07) is 28.6. The minimum absolute atomic E-state index is 0.0315. The lowest BCUT2D eigenvalue weighted by Crippen LogP contribution is -2.38. The number of ether oxygens (including phenoxy) is 2. The maximum Gasteiger partial charge on any atom is 0.416 e. The van der Waals surface area contributed by atoms with Crippen LogP contribution >= 0.6 is 0 Å². The Bertz CT molecular complexity index is 1770. The third-order valence-corrected chi connectivity index (χ3v) is 8.09. The highest BCUT2D eigenvalue weighted by Crippen LogP contribution is 2.36. The van der Waals surface area contributed by atoms with Crippen molar-refractivity contribution in [3.8, 4) is 11.5 Å². The van der Waals surface area contributed by atoms with E-state index in [1.807, 2.05) is 60.7 Å². The smallest absolute Gasteiger partial charge is 0.416 e. The van der Waals surface area contributed by atoms with E-state index in [0.29, 0.717) is 49.3 Å². The SMILES string of the molecule is COc1cccc2c1n(Cc1ccccc1C(F)(F)F)c(=O)n2C1CCN(c2ccccc2OCc2ccccc2)CC1. The molecule has 1 aliphatic rings. The number of methoxy groups -OCH3 is 1. The number of para-hydroxylation sites is 3. The van der Waals surface area contributed by atoms with E-state index in [0.717, 1.165) is 23.1 Å². The van der Waals surface area contributed by atoms with Gasteiger partial charge in [-0.2, -0.15) is 13.2 Å². The van der Waals surface area contributed by atoms with Crippen molar-refractivity contribution in [2.24, 2.45) is 0 Å². The van der Waals surface area contributed by atoms with Crippen molar-refractivity contribution in [2.45, 2.75) is 38.2 Å². The molecular weight excluding hydrogens is 555 g/mol. The van der Waals surface area contributed by atoms with Crippen molar-refractivity contribution >= 4 is 16.7 Å². The molecule has 0 atom stereocenters. The van der Waals surface area contributed by atoms with Gasteiger partial charge >= 0.3 is 11.9 Å². The summed E-state index contributed by atoms with van der Waals surface area (Å²) in [7, 11) is 1.50. The van der Waals surface area contributed by atoms with Crippen LogP contribution in [0.15, 0.2) is 102 Å². The molecule has 5 aromatic rings. The van der Waals surface area contributed by atoms with Crippen LogP contribution in [0.25, 0.3) is 11.0 Å². The molecule has 0 N–H and O–H groups in total. The number of hydrogen-bond acceptors (Lipinski definition) is 4. The summed E-state index contributed by atoms with van der Waals surface area (Å²) < 4.78 is 56.4. The maximum absolute atomic E-state index is 14.0. The molecule has 0 amide bonds. The summed E-state index contributed by atoms with van der Waals surface area (Å²) in [5.41, 5.74) is 2.16. The van der Waals surface area contributed by atoms with Gasteiger partial charge in [0, 0.05) is 19.1 Å². The van der Waals surface area contributed by atoms with E-state index in [1.165, 1.54) is 23.8 Å². The van der Waals surface area contributed by atoms with Gasteiger partial charge in [-0.3, -0.25) is 9.13 Å². The van der Waals surface area contributed by atoms with Crippen molar-refractivity contribution in [1.82, 2.24) is 9.13 Å². The van der Waals surface area contributed by atoms with Crippen LogP contribution in [-0.2, 0) is 19.3 Å². The quantitative estimate of drug-likeness (QED) is 0.191. The number of fused-ring (bicyclic) bond motifs is 1. The average Bonchev–Trinajstić information content (AvgIpc) is 3.31. The predicted molar refractivity (Wildman–Crippen MR) is 161 cm³/mol. The lowest BCUT2D eigenvalue weighted by Gasteiger charge is -2.35. The van der Waals surface area contributed by atoms with Gasteiger partial charge < -0.3 is 14.4 Å². The molecule has 6 nitrogen and oxygen atoms in total. The zero-order valence-corrected chi connectivity index (χ0v) is 23.8. The van der Waals surface area contributed by atoms with Gasteiger partial charge in [0.2, 0.25) is 0 Å². The molecule has 9 heteroatoms. The third-order valence-electron chi connectivity index (χ3n) is 8.09. The minimum Gasteiger partial charge on any atom is -0.494 e. The lowest BCUT2D eigenvalue weighted by molar-refractivity contribution is -0.138. The number of aromatic nitrogens is 2. The summed E-state index contributed by atoms with van der Waals surface area (Å²) in [4.78, 5) is 16.3. The number of hydrogen-bond donors (Lipinski definition) is 0. The first-order chi connectivity index (χ1) is 20.8.